The molecule has 0 spiro atoms. The molecule has 96 valence electrons. The van der Waals surface area contributed by atoms with E-state index in [1.165, 1.54) is 0 Å². The van der Waals surface area contributed by atoms with E-state index in [-0.39, 0.29) is 11.5 Å². The minimum atomic E-state index is 0.173. The molecule has 4 heteroatoms. The molecule has 0 aromatic heterocycles. The number of aromatic hydroxyl groups is 2. The minimum absolute atomic E-state index is 0.173. The normalized spacial score (nSPS) is 11.1. The maximum Gasteiger partial charge on any atom is 0.133 e. The fraction of sp³-hybridized carbons (Fsp3) is 0.0667. The van der Waals surface area contributed by atoms with Crippen LogP contribution in [0.2, 0.25) is 0 Å². The highest BCUT2D eigenvalue weighted by Crippen LogP contribution is 2.46. The van der Waals surface area contributed by atoms with Crippen molar-refractivity contribution in [3.05, 3.63) is 40.9 Å². The van der Waals surface area contributed by atoms with Crippen molar-refractivity contribution >= 4 is 43.2 Å². The van der Waals surface area contributed by atoms with Gasteiger partial charge in [0.25, 0.3) is 0 Å². The van der Waals surface area contributed by atoms with Crippen LogP contribution in [0, 0.1) is 0 Å². The number of halogens is 1. The van der Waals surface area contributed by atoms with Crippen LogP contribution in [0.15, 0.2) is 40.9 Å². The smallest absolute Gasteiger partial charge is 0.133 e. The Morgan fingerprint density at radius 2 is 1.47 bits per heavy atom. The molecule has 0 aliphatic rings. The lowest BCUT2D eigenvalue weighted by molar-refractivity contribution is 0.478. The van der Waals surface area contributed by atoms with Crippen molar-refractivity contribution in [3.8, 4) is 11.5 Å². The summed E-state index contributed by atoms with van der Waals surface area (Å²) in [5, 5.41) is 26.5. The van der Waals surface area contributed by atoms with Crippen LogP contribution in [-0.2, 0) is 0 Å². The van der Waals surface area contributed by atoms with Crippen molar-refractivity contribution in [1.29, 1.82) is 0 Å². The molecule has 0 radical (unpaired) electrons. The summed E-state index contributed by atoms with van der Waals surface area (Å²) in [5.41, 5.74) is 0.775. The van der Waals surface area contributed by atoms with Crippen molar-refractivity contribution in [2.75, 3.05) is 12.4 Å². The standard InChI is InChI=1S/C15H12BrNO2/c1-17-11-7-6-10(16)12-13(11)15(19)9-5-3-2-4-8(9)14(12)18/h2-7,17-19H,1H3. The second kappa shape index (κ2) is 4.31. The van der Waals surface area contributed by atoms with E-state index in [0.717, 1.165) is 10.2 Å². The summed E-state index contributed by atoms with van der Waals surface area (Å²) >= 11 is 3.43. The number of benzene rings is 3. The summed E-state index contributed by atoms with van der Waals surface area (Å²) in [7, 11) is 1.79. The maximum atomic E-state index is 10.5. The summed E-state index contributed by atoms with van der Waals surface area (Å²) in [6, 6.07) is 11.0. The Bertz CT molecular complexity index is 799. The molecule has 3 nitrogen and oxygen atoms in total. The van der Waals surface area contributed by atoms with Gasteiger partial charge >= 0.3 is 0 Å². The molecule has 0 saturated carbocycles. The van der Waals surface area contributed by atoms with Gasteiger partial charge in [0.1, 0.15) is 11.5 Å². The first-order chi connectivity index (χ1) is 9.15. The maximum absolute atomic E-state index is 10.5. The number of fused-ring (bicyclic) bond motifs is 2. The fourth-order valence-electron chi connectivity index (χ4n) is 2.43. The van der Waals surface area contributed by atoms with Gasteiger partial charge in [-0.2, -0.15) is 0 Å². The van der Waals surface area contributed by atoms with E-state index in [4.69, 9.17) is 0 Å². The van der Waals surface area contributed by atoms with Gasteiger partial charge in [0, 0.05) is 33.4 Å². The average Bonchev–Trinajstić information content (AvgIpc) is 2.44. The van der Waals surface area contributed by atoms with Crippen molar-refractivity contribution in [2.24, 2.45) is 0 Å². The highest BCUT2D eigenvalue weighted by atomic mass is 79.9. The zero-order chi connectivity index (χ0) is 13.6. The lowest BCUT2D eigenvalue weighted by Crippen LogP contribution is -1.91. The molecule has 0 saturated heterocycles. The van der Waals surface area contributed by atoms with Crippen LogP contribution in [-0.4, -0.2) is 17.3 Å². The van der Waals surface area contributed by atoms with Crippen LogP contribution in [0.5, 0.6) is 11.5 Å². The van der Waals surface area contributed by atoms with Gasteiger partial charge in [-0.05, 0) is 12.1 Å². The lowest BCUT2D eigenvalue weighted by atomic mass is 9.99. The van der Waals surface area contributed by atoms with Gasteiger partial charge in [-0.1, -0.05) is 40.2 Å². The van der Waals surface area contributed by atoms with Gasteiger partial charge in [0.2, 0.25) is 0 Å². The van der Waals surface area contributed by atoms with Crippen molar-refractivity contribution < 1.29 is 10.2 Å². The number of rotatable bonds is 1. The van der Waals surface area contributed by atoms with Crippen molar-refractivity contribution in [1.82, 2.24) is 0 Å². The zero-order valence-corrected chi connectivity index (χ0v) is 11.8. The molecule has 3 aromatic carbocycles. The number of hydrogen-bond donors (Lipinski definition) is 3. The largest absolute Gasteiger partial charge is 0.507 e. The molecule has 3 aromatic rings. The molecule has 3 N–H and O–H groups in total. The topological polar surface area (TPSA) is 52.5 Å². The van der Waals surface area contributed by atoms with E-state index in [9.17, 15) is 10.2 Å². The first-order valence-electron chi connectivity index (χ1n) is 5.87. The summed E-state index contributed by atoms with van der Waals surface area (Å²) in [6.45, 7) is 0. The van der Waals surface area contributed by atoms with Gasteiger partial charge in [0.05, 0.1) is 5.39 Å². The molecule has 0 amide bonds. The Balaban J connectivity index is 2.67. The average molecular weight is 318 g/mol. The summed E-state index contributed by atoms with van der Waals surface area (Å²) in [4.78, 5) is 0. The van der Waals surface area contributed by atoms with Gasteiger partial charge in [-0.15, -0.1) is 0 Å². The van der Waals surface area contributed by atoms with Crippen LogP contribution in [0.3, 0.4) is 0 Å². The molecule has 0 aliphatic carbocycles. The Hall–Kier alpha value is -1.94. The lowest BCUT2D eigenvalue weighted by Gasteiger charge is -2.14. The summed E-state index contributed by atoms with van der Waals surface area (Å²) in [5.74, 6) is 0.349. The van der Waals surface area contributed by atoms with E-state index in [0.29, 0.717) is 21.5 Å². The number of phenolic OH excluding ortho intramolecular Hbond substituents is 2. The molecule has 19 heavy (non-hydrogen) atoms. The first kappa shape index (κ1) is 12.1. The third-order valence-electron chi connectivity index (χ3n) is 3.33. The fourth-order valence-corrected chi connectivity index (χ4v) is 2.95. The Labute approximate surface area is 118 Å². The van der Waals surface area contributed by atoms with E-state index < -0.39 is 0 Å². The highest BCUT2D eigenvalue weighted by molar-refractivity contribution is 9.10. The SMILES string of the molecule is CNc1ccc(Br)c2c(O)c3ccccc3c(O)c12. The molecule has 0 aliphatic heterocycles. The van der Waals surface area contributed by atoms with Gasteiger partial charge in [-0.25, -0.2) is 0 Å². The first-order valence-corrected chi connectivity index (χ1v) is 6.67. The van der Waals surface area contributed by atoms with Crippen LogP contribution in [0.4, 0.5) is 5.69 Å². The van der Waals surface area contributed by atoms with Gasteiger partial charge in [-0.3, -0.25) is 0 Å². The molecule has 0 unspecified atom stereocenters. The minimum Gasteiger partial charge on any atom is -0.507 e. The molecular formula is C15H12BrNO2. The summed E-state index contributed by atoms with van der Waals surface area (Å²) < 4.78 is 0.750. The Kier molecular flexibility index (Phi) is 2.75. The zero-order valence-electron chi connectivity index (χ0n) is 10.2. The quantitative estimate of drug-likeness (QED) is 0.465. The monoisotopic (exact) mass is 317 g/mol. The van der Waals surface area contributed by atoms with Crippen LogP contribution < -0.4 is 5.32 Å². The second-order valence-electron chi connectivity index (χ2n) is 4.34. The number of nitrogens with one attached hydrogen (secondary N) is 1. The third kappa shape index (κ3) is 1.64. The molecule has 0 bridgehead atoms. The predicted molar refractivity (Wildman–Crippen MR) is 82.0 cm³/mol. The van der Waals surface area contributed by atoms with Crippen LogP contribution in [0.1, 0.15) is 0 Å². The third-order valence-corrected chi connectivity index (χ3v) is 4.00. The Morgan fingerprint density at radius 1 is 0.895 bits per heavy atom. The number of phenols is 2. The van der Waals surface area contributed by atoms with Crippen molar-refractivity contribution in [3.63, 3.8) is 0 Å². The van der Waals surface area contributed by atoms with Gasteiger partial charge in [0.15, 0.2) is 0 Å². The van der Waals surface area contributed by atoms with E-state index >= 15 is 0 Å². The molecule has 3 rings (SSSR count). The number of anilines is 1. The highest BCUT2D eigenvalue weighted by Gasteiger charge is 2.17. The predicted octanol–water partition coefficient (Wildman–Crippen LogP) is 4.21. The summed E-state index contributed by atoms with van der Waals surface area (Å²) in [6.07, 6.45) is 0. The van der Waals surface area contributed by atoms with Crippen LogP contribution >= 0.6 is 15.9 Å². The Morgan fingerprint density at radius 3 is 2.05 bits per heavy atom. The van der Waals surface area contributed by atoms with Gasteiger partial charge < -0.3 is 15.5 Å². The molecule has 0 heterocycles. The second-order valence-corrected chi connectivity index (χ2v) is 5.19. The van der Waals surface area contributed by atoms with E-state index in [1.54, 1.807) is 19.2 Å². The van der Waals surface area contributed by atoms with Crippen molar-refractivity contribution in [2.45, 2.75) is 0 Å². The molecule has 0 atom stereocenters. The molecular weight excluding hydrogens is 306 g/mol. The molecule has 0 fully saturated rings. The van der Waals surface area contributed by atoms with Crippen LogP contribution in [0.25, 0.3) is 21.5 Å². The number of hydrogen-bond acceptors (Lipinski definition) is 3. The van der Waals surface area contributed by atoms with E-state index in [2.05, 4.69) is 21.2 Å². The van der Waals surface area contributed by atoms with E-state index in [1.807, 2.05) is 24.3 Å².